The van der Waals surface area contributed by atoms with Gasteiger partial charge >= 0.3 is 5.97 Å². The summed E-state index contributed by atoms with van der Waals surface area (Å²) in [5.41, 5.74) is 1.01. The van der Waals surface area contributed by atoms with E-state index in [0.717, 1.165) is 11.4 Å². The lowest BCUT2D eigenvalue weighted by atomic mass is 10.2. The van der Waals surface area contributed by atoms with Crippen LogP contribution in [0.1, 0.15) is 42.8 Å². The minimum Gasteiger partial charge on any atom is -0.459 e. The topological polar surface area (TPSA) is 98.5 Å². The second-order valence-electron chi connectivity index (χ2n) is 5.96. The Balaban J connectivity index is 2.07. The van der Waals surface area contributed by atoms with Gasteiger partial charge in [0, 0.05) is 11.4 Å². The Morgan fingerprint density at radius 2 is 1.95 bits per heavy atom. The van der Waals surface area contributed by atoms with E-state index in [1.165, 1.54) is 4.52 Å². The summed E-state index contributed by atoms with van der Waals surface area (Å²) in [5, 5.41) is 6.52. The average molecular weight is 305 g/mol. The van der Waals surface area contributed by atoms with E-state index in [4.69, 9.17) is 4.74 Å². The molecule has 2 rings (SSSR count). The second-order valence-corrected chi connectivity index (χ2v) is 5.96. The van der Waals surface area contributed by atoms with E-state index in [0.29, 0.717) is 5.78 Å². The van der Waals surface area contributed by atoms with Gasteiger partial charge in [0.2, 0.25) is 5.82 Å². The average Bonchev–Trinajstić information content (AvgIpc) is 2.78. The Hall–Kier alpha value is -2.51. The molecule has 8 heteroatoms. The maximum atomic E-state index is 12.0. The third-order valence-corrected chi connectivity index (χ3v) is 2.63. The predicted molar refractivity (Wildman–Crippen MR) is 78.4 cm³/mol. The van der Waals surface area contributed by atoms with Crippen molar-refractivity contribution >= 4 is 17.7 Å². The molecule has 0 unspecified atom stereocenters. The van der Waals surface area contributed by atoms with Gasteiger partial charge in [0.1, 0.15) is 12.1 Å². The summed E-state index contributed by atoms with van der Waals surface area (Å²) in [6.45, 7) is 8.72. The standard InChI is InChI=1S/C14H19N5O3/c1-8-6-9(2)19-13(16-8)17-11(18-19)12(21)15-7-10(20)22-14(3,4)5/h6H,7H2,1-5H3,(H,15,21). The van der Waals surface area contributed by atoms with Crippen LogP contribution in [0.2, 0.25) is 0 Å². The quantitative estimate of drug-likeness (QED) is 0.843. The number of hydrogen-bond donors (Lipinski definition) is 1. The molecule has 1 amide bonds. The summed E-state index contributed by atoms with van der Waals surface area (Å²) in [5.74, 6) is -0.757. The van der Waals surface area contributed by atoms with Crippen molar-refractivity contribution in [1.29, 1.82) is 0 Å². The van der Waals surface area contributed by atoms with Crippen molar-refractivity contribution in [3.63, 3.8) is 0 Å². The summed E-state index contributed by atoms with van der Waals surface area (Å²) in [7, 11) is 0. The van der Waals surface area contributed by atoms with E-state index >= 15 is 0 Å². The highest BCUT2D eigenvalue weighted by Gasteiger charge is 2.19. The van der Waals surface area contributed by atoms with Gasteiger partial charge in [-0.05, 0) is 40.7 Å². The van der Waals surface area contributed by atoms with Gasteiger partial charge in [0.25, 0.3) is 11.7 Å². The van der Waals surface area contributed by atoms with Crippen LogP contribution in [0.15, 0.2) is 6.07 Å². The van der Waals surface area contributed by atoms with E-state index in [1.807, 2.05) is 19.9 Å². The molecule has 22 heavy (non-hydrogen) atoms. The highest BCUT2D eigenvalue weighted by atomic mass is 16.6. The lowest BCUT2D eigenvalue weighted by Gasteiger charge is -2.19. The Labute approximate surface area is 127 Å². The summed E-state index contributed by atoms with van der Waals surface area (Å²) in [6, 6.07) is 1.84. The fourth-order valence-corrected chi connectivity index (χ4v) is 1.87. The number of carbonyl (C=O) groups excluding carboxylic acids is 2. The molecule has 8 nitrogen and oxygen atoms in total. The molecule has 0 aliphatic heterocycles. The minimum atomic E-state index is -0.596. The Kier molecular flexibility index (Phi) is 4.11. The molecule has 1 N–H and O–H groups in total. The van der Waals surface area contributed by atoms with Crippen molar-refractivity contribution < 1.29 is 14.3 Å². The van der Waals surface area contributed by atoms with Crippen molar-refractivity contribution in [2.45, 2.75) is 40.2 Å². The number of aryl methyl sites for hydroxylation is 2. The number of fused-ring (bicyclic) bond motifs is 1. The number of aromatic nitrogens is 4. The fraction of sp³-hybridized carbons (Fsp3) is 0.500. The fourth-order valence-electron chi connectivity index (χ4n) is 1.87. The first-order valence-corrected chi connectivity index (χ1v) is 6.87. The van der Waals surface area contributed by atoms with Crippen LogP contribution in [-0.4, -0.2) is 43.6 Å². The van der Waals surface area contributed by atoms with Crippen molar-refractivity contribution in [3.05, 3.63) is 23.3 Å². The third-order valence-electron chi connectivity index (χ3n) is 2.63. The van der Waals surface area contributed by atoms with Gasteiger partial charge in [-0.1, -0.05) is 0 Å². The van der Waals surface area contributed by atoms with Crippen LogP contribution in [0.25, 0.3) is 5.78 Å². The molecular weight excluding hydrogens is 286 g/mol. The van der Waals surface area contributed by atoms with Gasteiger partial charge in [-0.15, -0.1) is 5.10 Å². The van der Waals surface area contributed by atoms with Crippen molar-refractivity contribution in [2.24, 2.45) is 0 Å². The maximum absolute atomic E-state index is 12.0. The lowest BCUT2D eigenvalue weighted by Crippen LogP contribution is -2.35. The summed E-state index contributed by atoms with van der Waals surface area (Å²) >= 11 is 0. The summed E-state index contributed by atoms with van der Waals surface area (Å²) < 4.78 is 6.59. The Morgan fingerprint density at radius 1 is 1.27 bits per heavy atom. The Bertz CT molecular complexity index is 730. The molecule has 0 saturated carbocycles. The monoisotopic (exact) mass is 305 g/mol. The molecule has 0 saturated heterocycles. The molecule has 0 aromatic carbocycles. The molecule has 2 heterocycles. The van der Waals surface area contributed by atoms with Gasteiger partial charge in [0.15, 0.2) is 0 Å². The van der Waals surface area contributed by atoms with Crippen LogP contribution in [0.4, 0.5) is 0 Å². The third kappa shape index (κ3) is 3.78. The van der Waals surface area contributed by atoms with Crippen molar-refractivity contribution in [1.82, 2.24) is 24.9 Å². The van der Waals surface area contributed by atoms with Gasteiger partial charge in [-0.3, -0.25) is 9.59 Å². The molecule has 0 fully saturated rings. The molecule has 0 radical (unpaired) electrons. The minimum absolute atomic E-state index is 0.0373. The zero-order valence-corrected chi connectivity index (χ0v) is 13.3. The number of amides is 1. The zero-order valence-electron chi connectivity index (χ0n) is 13.3. The van der Waals surface area contributed by atoms with Crippen LogP contribution >= 0.6 is 0 Å². The molecule has 0 aliphatic rings. The molecule has 2 aromatic rings. The zero-order chi connectivity index (χ0) is 16.5. The first-order chi connectivity index (χ1) is 10.2. The smallest absolute Gasteiger partial charge is 0.325 e. The van der Waals surface area contributed by atoms with Crippen molar-refractivity contribution in [2.75, 3.05) is 6.54 Å². The molecular formula is C14H19N5O3. The predicted octanol–water partition coefficient (Wildman–Crippen LogP) is 0.813. The first kappa shape index (κ1) is 15.9. The molecule has 0 atom stereocenters. The van der Waals surface area contributed by atoms with Crippen LogP contribution in [0.5, 0.6) is 0 Å². The number of nitrogens with one attached hydrogen (secondary N) is 1. The van der Waals surface area contributed by atoms with E-state index in [1.54, 1.807) is 20.8 Å². The van der Waals surface area contributed by atoms with E-state index < -0.39 is 17.5 Å². The van der Waals surface area contributed by atoms with Gasteiger partial charge in [-0.2, -0.15) is 4.98 Å². The molecule has 118 valence electrons. The molecule has 0 spiro atoms. The van der Waals surface area contributed by atoms with Crippen LogP contribution < -0.4 is 5.32 Å². The maximum Gasteiger partial charge on any atom is 0.325 e. The number of ether oxygens (including phenoxy) is 1. The molecule has 2 aromatic heterocycles. The molecule has 0 bridgehead atoms. The Morgan fingerprint density at radius 3 is 2.59 bits per heavy atom. The summed E-state index contributed by atoms with van der Waals surface area (Å²) in [4.78, 5) is 31.8. The van der Waals surface area contributed by atoms with E-state index in [-0.39, 0.29) is 12.4 Å². The number of esters is 1. The highest BCUT2D eigenvalue weighted by Crippen LogP contribution is 2.07. The largest absolute Gasteiger partial charge is 0.459 e. The number of hydrogen-bond acceptors (Lipinski definition) is 6. The number of rotatable bonds is 3. The van der Waals surface area contributed by atoms with E-state index in [9.17, 15) is 9.59 Å². The first-order valence-electron chi connectivity index (χ1n) is 6.87. The number of nitrogens with zero attached hydrogens (tertiary/aromatic N) is 4. The van der Waals surface area contributed by atoms with Gasteiger partial charge in [-0.25, -0.2) is 9.50 Å². The summed E-state index contributed by atoms with van der Waals surface area (Å²) in [6.07, 6.45) is 0. The second kappa shape index (κ2) is 5.70. The highest BCUT2D eigenvalue weighted by molar-refractivity contribution is 5.93. The number of carbonyl (C=O) groups is 2. The van der Waals surface area contributed by atoms with E-state index in [2.05, 4.69) is 20.4 Å². The van der Waals surface area contributed by atoms with Gasteiger partial charge < -0.3 is 10.1 Å². The molecule has 0 aliphatic carbocycles. The normalized spacial score (nSPS) is 11.5. The van der Waals surface area contributed by atoms with Crippen LogP contribution in [0.3, 0.4) is 0 Å². The van der Waals surface area contributed by atoms with Crippen molar-refractivity contribution in [3.8, 4) is 0 Å². The van der Waals surface area contributed by atoms with Crippen LogP contribution in [-0.2, 0) is 9.53 Å². The van der Waals surface area contributed by atoms with Gasteiger partial charge in [0.05, 0.1) is 0 Å². The lowest BCUT2D eigenvalue weighted by molar-refractivity contribution is -0.153. The SMILES string of the molecule is Cc1cc(C)n2nc(C(=O)NCC(=O)OC(C)(C)C)nc2n1. The van der Waals surface area contributed by atoms with Crippen LogP contribution in [0, 0.1) is 13.8 Å².